The molecule has 2 amide bonds. The van der Waals surface area contributed by atoms with Crippen LogP contribution >= 0.6 is 0 Å². The van der Waals surface area contributed by atoms with Crippen molar-refractivity contribution in [3.8, 4) is 0 Å². The number of benzene rings is 3. The summed E-state index contributed by atoms with van der Waals surface area (Å²) >= 11 is 0. The van der Waals surface area contributed by atoms with E-state index in [2.05, 4.69) is 5.32 Å². The summed E-state index contributed by atoms with van der Waals surface area (Å²) in [6, 6.07) is 19.1. The van der Waals surface area contributed by atoms with E-state index in [0.29, 0.717) is 13.0 Å². The summed E-state index contributed by atoms with van der Waals surface area (Å²) in [5.74, 6) is -1.01. The summed E-state index contributed by atoms with van der Waals surface area (Å²) in [5.41, 5.74) is 1.42. The van der Waals surface area contributed by atoms with Gasteiger partial charge in [-0.25, -0.2) is 8.42 Å². The van der Waals surface area contributed by atoms with Crippen molar-refractivity contribution in [3.63, 3.8) is 0 Å². The highest BCUT2D eigenvalue weighted by Crippen LogP contribution is 2.27. The van der Waals surface area contributed by atoms with E-state index in [1.165, 1.54) is 35.2 Å². The largest absolute Gasteiger partial charge is 0.354 e. The van der Waals surface area contributed by atoms with Gasteiger partial charge in [-0.2, -0.15) is 0 Å². The van der Waals surface area contributed by atoms with E-state index in [9.17, 15) is 28.1 Å². The van der Waals surface area contributed by atoms with Gasteiger partial charge in [0, 0.05) is 25.2 Å². The number of anilines is 1. The normalized spacial score (nSPS) is 11.9. The predicted octanol–water partition coefficient (Wildman–Crippen LogP) is 4.04. The number of nitrogens with one attached hydrogen (secondary N) is 1. The average Bonchev–Trinajstić information content (AvgIpc) is 2.94. The van der Waals surface area contributed by atoms with Gasteiger partial charge in [0.2, 0.25) is 11.8 Å². The Kier molecular flexibility index (Phi) is 9.78. The van der Waals surface area contributed by atoms with Crippen molar-refractivity contribution in [1.82, 2.24) is 10.2 Å². The molecule has 0 radical (unpaired) electrons. The van der Waals surface area contributed by atoms with Gasteiger partial charge >= 0.3 is 0 Å². The fourth-order valence-electron chi connectivity index (χ4n) is 3.88. The molecule has 3 aromatic carbocycles. The van der Waals surface area contributed by atoms with Gasteiger partial charge in [-0.1, -0.05) is 61.0 Å². The quantitative estimate of drug-likeness (QED) is 0.267. The van der Waals surface area contributed by atoms with Crippen LogP contribution < -0.4 is 9.62 Å². The number of nitrogens with zero attached hydrogens (tertiary/aromatic N) is 3. The molecule has 0 spiro atoms. The van der Waals surface area contributed by atoms with Gasteiger partial charge in [-0.15, -0.1) is 0 Å². The van der Waals surface area contributed by atoms with Crippen molar-refractivity contribution in [3.05, 3.63) is 100 Å². The molecule has 0 aliphatic heterocycles. The van der Waals surface area contributed by atoms with Crippen LogP contribution in [0, 0.1) is 17.0 Å². The summed E-state index contributed by atoms with van der Waals surface area (Å²) in [7, 11) is -4.30. The van der Waals surface area contributed by atoms with E-state index in [-0.39, 0.29) is 28.7 Å². The third-order valence-corrected chi connectivity index (χ3v) is 7.92. The van der Waals surface area contributed by atoms with Crippen LogP contribution in [0.1, 0.15) is 31.4 Å². The van der Waals surface area contributed by atoms with Crippen LogP contribution in [-0.2, 0) is 26.2 Å². The maximum atomic E-state index is 13.8. The van der Waals surface area contributed by atoms with E-state index < -0.39 is 33.4 Å². The number of nitro benzene ring substituents is 1. The summed E-state index contributed by atoms with van der Waals surface area (Å²) in [4.78, 5) is 38.7. The number of non-ortho nitro benzene ring substituents is 1. The Morgan fingerprint density at radius 2 is 1.67 bits per heavy atom. The standard InChI is InChI=1S/C28H32N4O6S/c1-4-17-29-28(34)22(3)30(19-23-15-13-21(2)14-16-23)27(33)20-31(24-9-8-10-25(18-24)32(35)36)39(37,38)26-11-6-5-7-12-26/h5-16,18,22H,4,17,19-20H2,1-3H3,(H,29,34)/t22-/m0/s1. The van der Waals surface area contributed by atoms with Gasteiger partial charge in [0.05, 0.1) is 15.5 Å². The van der Waals surface area contributed by atoms with Gasteiger partial charge in [0.15, 0.2) is 0 Å². The zero-order valence-electron chi connectivity index (χ0n) is 22.1. The molecule has 206 valence electrons. The molecule has 0 aliphatic rings. The highest BCUT2D eigenvalue weighted by molar-refractivity contribution is 7.92. The Morgan fingerprint density at radius 1 is 1.00 bits per heavy atom. The van der Waals surface area contributed by atoms with Crippen molar-refractivity contribution >= 4 is 33.2 Å². The number of hydrogen-bond acceptors (Lipinski definition) is 6. The van der Waals surface area contributed by atoms with Crippen LogP contribution in [0.2, 0.25) is 0 Å². The van der Waals surface area contributed by atoms with Gasteiger partial charge in [-0.3, -0.25) is 24.0 Å². The topological polar surface area (TPSA) is 130 Å². The summed E-state index contributed by atoms with van der Waals surface area (Å²) in [6.45, 7) is 5.24. The number of carbonyl (C=O) groups is 2. The first kappa shape index (κ1) is 29.3. The molecule has 10 nitrogen and oxygen atoms in total. The van der Waals surface area contributed by atoms with Crippen molar-refractivity contribution in [1.29, 1.82) is 0 Å². The fourth-order valence-corrected chi connectivity index (χ4v) is 5.31. The molecule has 1 N–H and O–H groups in total. The Bertz CT molecular complexity index is 1410. The number of rotatable bonds is 12. The monoisotopic (exact) mass is 552 g/mol. The number of aryl methyl sites for hydroxylation is 1. The average molecular weight is 553 g/mol. The Labute approximate surface area is 228 Å². The molecule has 39 heavy (non-hydrogen) atoms. The lowest BCUT2D eigenvalue weighted by Gasteiger charge is -2.32. The van der Waals surface area contributed by atoms with Crippen LogP contribution in [0.3, 0.4) is 0 Å². The number of sulfonamides is 1. The van der Waals surface area contributed by atoms with E-state index >= 15 is 0 Å². The second kappa shape index (κ2) is 13.0. The van der Waals surface area contributed by atoms with Crippen LogP contribution in [0.15, 0.2) is 83.8 Å². The highest BCUT2D eigenvalue weighted by Gasteiger charge is 2.33. The van der Waals surface area contributed by atoms with Crippen LogP contribution in [0.4, 0.5) is 11.4 Å². The summed E-state index contributed by atoms with van der Waals surface area (Å²) < 4.78 is 28.3. The summed E-state index contributed by atoms with van der Waals surface area (Å²) in [5, 5.41) is 14.2. The van der Waals surface area contributed by atoms with Gasteiger partial charge in [0.1, 0.15) is 12.6 Å². The third kappa shape index (κ3) is 7.41. The third-order valence-electron chi connectivity index (χ3n) is 6.13. The lowest BCUT2D eigenvalue weighted by Crippen LogP contribution is -2.51. The zero-order valence-corrected chi connectivity index (χ0v) is 22.9. The molecule has 0 unspecified atom stereocenters. The van der Waals surface area contributed by atoms with Crippen LogP contribution in [0.5, 0.6) is 0 Å². The first-order valence-electron chi connectivity index (χ1n) is 12.5. The van der Waals surface area contributed by atoms with E-state index in [4.69, 9.17) is 0 Å². The van der Waals surface area contributed by atoms with Gasteiger partial charge < -0.3 is 10.2 Å². The lowest BCUT2D eigenvalue weighted by atomic mass is 10.1. The Balaban J connectivity index is 2.04. The minimum Gasteiger partial charge on any atom is -0.354 e. The highest BCUT2D eigenvalue weighted by atomic mass is 32.2. The molecule has 0 saturated carbocycles. The van der Waals surface area contributed by atoms with Crippen LogP contribution in [0.25, 0.3) is 0 Å². The van der Waals surface area contributed by atoms with Crippen LogP contribution in [-0.4, -0.2) is 49.2 Å². The van der Waals surface area contributed by atoms with Gasteiger partial charge in [0.25, 0.3) is 15.7 Å². The number of hydrogen-bond donors (Lipinski definition) is 1. The predicted molar refractivity (Wildman–Crippen MR) is 149 cm³/mol. The molecule has 0 fully saturated rings. The maximum absolute atomic E-state index is 13.8. The van der Waals surface area contributed by atoms with E-state index in [1.807, 2.05) is 38.1 Å². The zero-order chi connectivity index (χ0) is 28.6. The maximum Gasteiger partial charge on any atom is 0.271 e. The molecule has 0 bridgehead atoms. The minimum atomic E-state index is -4.30. The number of carbonyl (C=O) groups excluding carboxylic acids is 2. The Morgan fingerprint density at radius 3 is 2.28 bits per heavy atom. The van der Waals surface area contributed by atoms with Gasteiger partial charge in [-0.05, 0) is 44.0 Å². The Hall–Kier alpha value is -4.25. The fraction of sp³-hybridized carbons (Fsp3) is 0.286. The molecule has 0 aliphatic carbocycles. The molecule has 0 saturated heterocycles. The molecule has 3 rings (SSSR count). The van der Waals surface area contributed by atoms with Crippen molar-refractivity contribution in [2.75, 3.05) is 17.4 Å². The second-order valence-electron chi connectivity index (χ2n) is 9.08. The molecule has 0 heterocycles. The summed E-state index contributed by atoms with van der Waals surface area (Å²) in [6.07, 6.45) is 0.709. The van der Waals surface area contributed by atoms with Crippen molar-refractivity contribution < 1.29 is 22.9 Å². The van der Waals surface area contributed by atoms with E-state index in [1.54, 1.807) is 25.1 Å². The first-order chi connectivity index (χ1) is 18.5. The molecule has 11 heteroatoms. The minimum absolute atomic E-state index is 0.0419. The number of nitro groups is 1. The molecule has 0 aromatic heterocycles. The SMILES string of the molecule is CCCNC(=O)[C@H](C)N(Cc1ccc(C)cc1)C(=O)CN(c1cccc([N+](=O)[O-])c1)S(=O)(=O)c1ccccc1. The van der Waals surface area contributed by atoms with Crippen molar-refractivity contribution in [2.24, 2.45) is 0 Å². The first-order valence-corrected chi connectivity index (χ1v) is 13.9. The molecule has 1 atom stereocenters. The van der Waals surface area contributed by atoms with Crippen molar-refractivity contribution in [2.45, 2.75) is 44.7 Å². The molecular weight excluding hydrogens is 520 g/mol. The molecule has 3 aromatic rings. The lowest BCUT2D eigenvalue weighted by molar-refractivity contribution is -0.384. The smallest absolute Gasteiger partial charge is 0.271 e. The van der Waals surface area contributed by atoms with E-state index in [0.717, 1.165) is 21.5 Å². The molecular formula is C28H32N4O6S. The number of amides is 2. The second-order valence-corrected chi connectivity index (χ2v) is 10.9.